The van der Waals surface area contributed by atoms with Crippen molar-refractivity contribution < 1.29 is 4.74 Å². The summed E-state index contributed by atoms with van der Waals surface area (Å²) in [5.74, 6) is 0.914. The molecular formula is C13H19NO. The van der Waals surface area contributed by atoms with Crippen LogP contribution in [0, 0.1) is 0 Å². The van der Waals surface area contributed by atoms with Crippen LogP contribution in [0.5, 0.6) is 5.75 Å². The average molecular weight is 205 g/mol. The van der Waals surface area contributed by atoms with E-state index in [2.05, 4.69) is 18.7 Å². The molecule has 0 bridgehead atoms. The fraction of sp³-hybridized carbons (Fsp3) is 0.385. The third-order valence-electron chi connectivity index (χ3n) is 2.15. The molecular weight excluding hydrogens is 186 g/mol. The van der Waals surface area contributed by atoms with Crippen LogP contribution in [0.2, 0.25) is 0 Å². The zero-order valence-corrected chi connectivity index (χ0v) is 9.33. The van der Waals surface area contributed by atoms with Gasteiger partial charge in [0.1, 0.15) is 5.75 Å². The highest BCUT2D eigenvalue weighted by atomic mass is 16.5. The Morgan fingerprint density at radius 3 is 2.53 bits per heavy atom. The van der Waals surface area contributed by atoms with E-state index in [4.69, 9.17) is 10.5 Å². The van der Waals surface area contributed by atoms with Gasteiger partial charge in [-0.3, -0.25) is 0 Å². The van der Waals surface area contributed by atoms with E-state index in [0.717, 1.165) is 24.2 Å². The fourth-order valence-electron chi connectivity index (χ4n) is 1.26. The van der Waals surface area contributed by atoms with E-state index < -0.39 is 0 Å². The molecule has 0 aromatic heterocycles. The van der Waals surface area contributed by atoms with Gasteiger partial charge in [0.15, 0.2) is 0 Å². The molecule has 0 fully saturated rings. The third kappa shape index (κ3) is 4.66. The summed E-state index contributed by atoms with van der Waals surface area (Å²) in [5.41, 5.74) is 7.87. The Hall–Kier alpha value is -1.28. The molecule has 0 heterocycles. The van der Waals surface area contributed by atoms with Crippen LogP contribution in [0.1, 0.15) is 18.9 Å². The van der Waals surface area contributed by atoms with Crippen molar-refractivity contribution in [3.63, 3.8) is 0 Å². The molecule has 0 radical (unpaired) electrons. The van der Waals surface area contributed by atoms with Crippen LogP contribution in [-0.2, 0) is 6.42 Å². The summed E-state index contributed by atoms with van der Waals surface area (Å²) in [6, 6.07) is 8.10. The van der Waals surface area contributed by atoms with E-state index in [1.807, 2.05) is 19.1 Å². The number of ether oxygens (including phenoxy) is 1. The average Bonchev–Trinajstić information content (AvgIpc) is 2.20. The van der Waals surface area contributed by atoms with Crippen LogP contribution in [-0.4, -0.2) is 13.2 Å². The maximum Gasteiger partial charge on any atom is 0.119 e. The van der Waals surface area contributed by atoms with E-state index in [-0.39, 0.29) is 0 Å². The minimum Gasteiger partial charge on any atom is -0.493 e. The highest BCUT2D eigenvalue weighted by Gasteiger charge is 1.95. The number of rotatable bonds is 6. The molecule has 0 atom stereocenters. The van der Waals surface area contributed by atoms with Gasteiger partial charge in [-0.1, -0.05) is 17.7 Å². The summed E-state index contributed by atoms with van der Waals surface area (Å²) in [5, 5.41) is 0. The smallest absolute Gasteiger partial charge is 0.119 e. The Labute approximate surface area is 91.7 Å². The normalized spacial score (nSPS) is 10.0. The second kappa shape index (κ2) is 6.25. The summed E-state index contributed by atoms with van der Waals surface area (Å²) in [7, 11) is 0. The molecule has 0 saturated heterocycles. The molecule has 2 N–H and O–H groups in total. The van der Waals surface area contributed by atoms with Gasteiger partial charge in [0.2, 0.25) is 0 Å². The molecule has 1 aromatic rings. The maximum atomic E-state index is 5.56. The van der Waals surface area contributed by atoms with Gasteiger partial charge in [-0.15, -0.1) is 6.58 Å². The van der Waals surface area contributed by atoms with Gasteiger partial charge in [-0.05, 0) is 37.6 Å². The van der Waals surface area contributed by atoms with E-state index in [9.17, 15) is 0 Å². The topological polar surface area (TPSA) is 35.2 Å². The van der Waals surface area contributed by atoms with Crippen molar-refractivity contribution in [2.45, 2.75) is 19.8 Å². The number of benzene rings is 1. The second-order valence-corrected chi connectivity index (χ2v) is 3.74. The number of hydrogen-bond acceptors (Lipinski definition) is 2. The fourth-order valence-corrected chi connectivity index (χ4v) is 1.26. The van der Waals surface area contributed by atoms with Crippen molar-refractivity contribution >= 4 is 0 Å². The van der Waals surface area contributed by atoms with Crippen LogP contribution >= 0.6 is 0 Å². The molecule has 1 rings (SSSR count). The van der Waals surface area contributed by atoms with Crippen LogP contribution in [0.3, 0.4) is 0 Å². The van der Waals surface area contributed by atoms with Crippen LogP contribution in [0.25, 0.3) is 0 Å². The van der Waals surface area contributed by atoms with Crippen molar-refractivity contribution in [1.29, 1.82) is 0 Å². The highest BCUT2D eigenvalue weighted by molar-refractivity contribution is 5.27. The molecule has 1 aromatic carbocycles. The molecule has 0 aliphatic rings. The van der Waals surface area contributed by atoms with Gasteiger partial charge in [-0.25, -0.2) is 0 Å². The zero-order valence-electron chi connectivity index (χ0n) is 9.33. The first kappa shape index (κ1) is 11.8. The summed E-state index contributed by atoms with van der Waals surface area (Å²) < 4.78 is 5.56. The Morgan fingerprint density at radius 1 is 1.33 bits per heavy atom. The van der Waals surface area contributed by atoms with Crippen molar-refractivity contribution in [1.82, 2.24) is 0 Å². The van der Waals surface area contributed by atoms with Gasteiger partial charge in [0.05, 0.1) is 6.61 Å². The molecule has 0 aliphatic carbocycles. The Balaban J connectivity index is 2.39. The predicted molar refractivity (Wildman–Crippen MR) is 64.1 cm³/mol. The second-order valence-electron chi connectivity index (χ2n) is 3.74. The molecule has 82 valence electrons. The molecule has 15 heavy (non-hydrogen) atoms. The lowest BCUT2D eigenvalue weighted by Crippen LogP contribution is -2.02. The van der Waals surface area contributed by atoms with Crippen LogP contribution < -0.4 is 10.5 Å². The molecule has 0 unspecified atom stereocenters. The zero-order chi connectivity index (χ0) is 11.1. The lowest BCUT2D eigenvalue weighted by atomic mass is 10.1. The summed E-state index contributed by atoms with van der Waals surface area (Å²) >= 11 is 0. The molecule has 0 spiro atoms. The Kier molecular flexibility index (Phi) is 4.91. The Morgan fingerprint density at radius 2 is 2.00 bits per heavy atom. The Bertz CT molecular complexity index is 303. The van der Waals surface area contributed by atoms with Gasteiger partial charge >= 0.3 is 0 Å². The van der Waals surface area contributed by atoms with Crippen LogP contribution in [0.4, 0.5) is 0 Å². The van der Waals surface area contributed by atoms with E-state index in [1.54, 1.807) is 0 Å². The van der Waals surface area contributed by atoms with Crippen LogP contribution in [0.15, 0.2) is 36.4 Å². The molecule has 0 saturated carbocycles. The molecule has 2 nitrogen and oxygen atoms in total. The van der Waals surface area contributed by atoms with Crippen molar-refractivity contribution in [2.24, 2.45) is 5.73 Å². The van der Waals surface area contributed by atoms with Gasteiger partial charge in [-0.2, -0.15) is 0 Å². The largest absolute Gasteiger partial charge is 0.493 e. The minimum atomic E-state index is 0.690. The maximum absolute atomic E-state index is 5.56. The molecule has 2 heteroatoms. The van der Waals surface area contributed by atoms with E-state index >= 15 is 0 Å². The number of hydrogen-bond donors (Lipinski definition) is 1. The quantitative estimate of drug-likeness (QED) is 0.724. The summed E-state index contributed by atoms with van der Waals surface area (Å²) in [6.45, 7) is 7.23. The lowest BCUT2D eigenvalue weighted by Gasteiger charge is -2.06. The van der Waals surface area contributed by atoms with Crippen molar-refractivity contribution in [3.8, 4) is 5.75 Å². The SMILES string of the molecule is C=C(C)CCOc1ccc(CCN)cc1. The van der Waals surface area contributed by atoms with Crippen molar-refractivity contribution in [2.75, 3.05) is 13.2 Å². The van der Waals surface area contributed by atoms with Gasteiger partial charge < -0.3 is 10.5 Å². The third-order valence-corrected chi connectivity index (χ3v) is 2.15. The first-order valence-corrected chi connectivity index (χ1v) is 5.28. The van der Waals surface area contributed by atoms with E-state index in [1.165, 1.54) is 5.56 Å². The van der Waals surface area contributed by atoms with Gasteiger partial charge in [0.25, 0.3) is 0 Å². The monoisotopic (exact) mass is 205 g/mol. The highest BCUT2D eigenvalue weighted by Crippen LogP contribution is 2.13. The summed E-state index contributed by atoms with van der Waals surface area (Å²) in [4.78, 5) is 0. The predicted octanol–water partition coefficient (Wildman–Crippen LogP) is 2.53. The first-order valence-electron chi connectivity index (χ1n) is 5.28. The minimum absolute atomic E-state index is 0.690. The standard InChI is InChI=1S/C13H19NO/c1-11(2)8-10-15-13-5-3-12(4-6-13)7-9-14/h3-6H,1,7-10,14H2,2H3. The molecule has 0 aliphatic heterocycles. The summed E-state index contributed by atoms with van der Waals surface area (Å²) in [6.07, 6.45) is 1.83. The van der Waals surface area contributed by atoms with Crippen molar-refractivity contribution in [3.05, 3.63) is 42.0 Å². The van der Waals surface area contributed by atoms with Gasteiger partial charge in [0, 0.05) is 6.42 Å². The molecule has 0 amide bonds. The number of nitrogens with two attached hydrogens (primary N) is 1. The lowest BCUT2D eigenvalue weighted by molar-refractivity contribution is 0.321. The van der Waals surface area contributed by atoms with E-state index in [0.29, 0.717) is 13.2 Å². The first-order chi connectivity index (χ1) is 7.22.